The van der Waals surface area contributed by atoms with Crippen LogP contribution >= 0.6 is 0 Å². The summed E-state index contributed by atoms with van der Waals surface area (Å²) in [5.74, 6) is 1.97. The molecule has 5 rings (SSSR count). The van der Waals surface area contributed by atoms with E-state index in [-0.39, 0.29) is 11.6 Å². The molecule has 11 heteroatoms. The highest BCUT2D eigenvalue weighted by Gasteiger charge is 2.31. The predicted molar refractivity (Wildman–Crippen MR) is 150 cm³/mol. The summed E-state index contributed by atoms with van der Waals surface area (Å²) in [7, 11) is 3.04. The number of ether oxygens (including phenoxy) is 4. The lowest BCUT2D eigenvalue weighted by Crippen LogP contribution is -2.33. The van der Waals surface area contributed by atoms with Gasteiger partial charge < -0.3 is 24.3 Å². The molecule has 8 nitrogen and oxygen atoms in total. The Morgan fingerprint density at radius 1 is 0.854 bits per heavy atom. The first kappa shape index (κ1) is 28.3. The van der Waals surface area contributed by atoms with E-state index in [4.69, 9.17) is 14.2 Å². The molecule has 0 radical (unpaired) electrons. The van der Waals surface area contributed by atoms with E-state index in [1.807, 2.05) is 24.3 Å². The van der Waals surface area contributed by atoms with Crippen LogP contribution in [-0.4, -0.2) is 61.7 Å². The second kappa shape index (κ2) is 12.5. The van der Waals surface area contributed by atoms with Crippen LogP contribution in [0.1, 0.15) is 19.3 Å². The fraction of sp³-hybridized carbons (Fsp3) is 0.333. The van der Waals surface area contributed by atoms with E-state index in [1.165, 1.54) is 51.7 Å². The first-order valence-corrected chi connectivity index (χ1v) is 13.3. The molecule has 0 amide bonds. The van der Waals surface area contributed by atoms with Crippen LogP contribution in [0.2, 0.25) is 0 Å². The molecule has 0 saturated carbocycles. The van der Waals surface area contributed by atoms with Crippen molar-refractivity contribution < 1.29 is 32.1 Å². The van der Waals surface area contributed by atoms with Gasteiger partial charge >= 0.3 is 6.36 Å². The summed E-state index contributed by atoms with van der Waals surface area (Å²) in [6.07, 6.45) is -1.03. The van der Waals surface area contributed by atoms with Crippen LogP contribution in [0.3, 0.4) is 0 Å². The molecule has 1 aromatic heterocycles. The van der Waals surface area contributed by atoms with Crippen molar-refractivity contribution in [3.05, 3.63) is 60.7 Å². The molecule has 3 aromatic carbocycles. The zero-order chi connectivity index (χ0) is 28.8. The Kier molecular flexibility index (Phi) is 8.63. The number of fused-ring (bicyclic) bond motifs is 1. The third-order valence-electron chi connectivity index (χ3n) is 6.77. The fourth-order valence-corrected chi connectivity index (χ4v) is 4.76. The lowest BCUT2D eigenvalue weighted by Gasteiger charge is -2.26. The maximum Gasteiger partial charge on any atom is 0.573 e. The van der Waals surface area contributed by atoms with Crippen molar-refractivity contribution in [3.63, 3.8) is 0 Å². The number of hydrogen-bond donors (Lipinski definition) is 1. The summed E-state index contributed by atoms with van der Waals surface area (Å²) in [5, 5.41) is 3.95. The summed E-state index contributed by atoms with van der Waals surface area (Å²) < 4.78 is 59.4. The molecule has 0 atom stereocenters. The van der Waals surface area contributed by atoms with Crippen molar-refractivity contribution in [1.82, 2.24) is 14.9 Å². The van der Waals surface area contributed by atoms with Gasteiger partial charge in [0.25, 0.3) is 0 Å². The van der Waals surface area contributed by atoms with E-state index in [9.17, 15) is 13.2 Å². The summed E-state index contributed by atoms with van der Waals surface area (Å²) >= 11 is 0. The standard InChI is InChI=1S/C30H31F3N4O4/c1-38-26-18-24-25(19-27(26)39-2)35-28(20-7-6-8-23(17-20)41-30(31,32)33)36-29(24)34-21-9-11-22(12-10-21)40-16-15-37-13-4-3-5-14-37/h6-12,17-19H,3-5,13-16H2,1-2H3,(H,34,35,36). The SMILES string of the molecule is COc1cc2nc(-c3cccc(OC(F)(F)F)c3)nc(Nc3ccc(OCCN4CCCCC4)cc3)c2cc1OC. The Bertz CT molecular complexity index is 1480. The number of nitrogens with one attached hydrogen (secondary N) is 1. The summed E-state index contributed by atoms with van der Waals surface area (Å²) in [6.45, 7) is 3.76. The molecular formula is C30H31F3N4O4. The molecule has 0 aliphatic carbocycles. The third kappa shape index (κ3) is 7.29. The lowest BCUT2D eigenvalue weighted by molar-refractivity contribution is -0.274. The van der Waals surface area contributed by atoms with Crippen molar-refractivity contribution in [2.75, 3.05) is 45.8 Å². The van der Waals surface area contributed by atoms with Gasteiger partial charge in [-0.3, -0.25) is 4.90 Å². The largest absolute Gasteiger partial charge is 0.573 e. The molecule has 2 heterocycles. The number of halogens is 3. The number of methoxy groups -OCH3 is 2. The predicted octanol–water partition coefficient (Wildman–Crippen LogP) is 6.82. The van der Waals surface area contributed by atoms with Crippen molar-refractivity contribution in [1.29, 1.82) is 0 Å². The zero-order valence-corrected chi connectivity index (χ0v) is 22.8. The molecule has 0 bridgehead atoms. The highest BCUT2D eigenvalue weighted by atomic mass is 19.4. The van der Waals surface area contributed by atoms with Crippen LogP contribution in [0, 0.1) is 0 Å². The van der Waals surface area contributed by atoms with E-state index in [1.54, 1.807) is 18.2 Å². The van der Waals surface area contributed by atoms with Crippen molar-refractivity contribution in [3.8, 4) is 34.4 Å². The van der Waals surface area contributed by atoms with Gasteiger partial charge in [0, 0.05) is 29.2 Å². The van der Waals surface area contributed by atoms with Gasteiger partial charge in [-0.25, -0.2) is 9.97 Å². The topological polar surface area (TPSA) is 78.0 Å². The lowest BCUT2D eigenvalue weighted by atomic mass is 10.1. The molecule has 1 saturated heterocycles. The number of rotatable bonds is 10. The molecule has 1 aliphatic heterocycles. The van der Waals surface area contributed by atoms with Crippen LogP contribution in [0.4, 0.5) is 24.7 Å². The van der Waals surface area contributed by atoms with Gasteiger partial charge in [-0.05, 0) is 68.4 Å². The number of benzene rings is 3. The Balaban J connectivity index is 1.42. The molecule has 1 fully saturated rings. The second-order valence-electron chi connectivity index (χ2n) is 9.60. The molecule has 1 N–H and O–H groups in total. The number of anilines is 2. The quantitative estimate of drug-likeness (QED) is 0.223. The van der Waals surface area contributed by atoms with E-state index >= 15 is 0 Å². The van der Waals surface area contributed by atoms with Gasteiger partial charge in [-0.15, -0.1) is 13.2 Å². The van der Waals surface area contributed by atoms with E-state index in [2.05, 4.69) is 24.9 Å². The van der Waals surface area contributed by atoms with Gasteiger partial charge in [-0.1, -0.05) is 18.6 Å². The molecule has 4 aromatic rings. The maximum atomic E-state index is 12.8. The number of hydrogen-bond acceptors (Lipinski definition) is 8. The molecule has 0 spiro atoms. The first-order chi connectivity index (χ1) is 19.8. The molecule has 41 heavy (non-hydrogen) atoms. The monoisotopic (exact) mass is 568 g/mol. The number of aromatic nitrogens is 2. The summed E-state index contributed by atoms with van der Waals surface area (Å²) in [5.41, 5.74) is 1.60. The van der Waals surface area contributed by atoms with E-state index < -0.39 is 6.36 Å². The number of piperidine rings is 1. The minimum atomic E-state index is -4.82. The molecule has 216 valence electrons. The Hall–Kier alpha value is -4.25. The molecular weight excluding hydrogens is 537 g/mol. The van der Waals surface area contributed by atoms with Gasteiger partial charge in [-0.2, -0.15) is 0 Å². The highest BCUT2D eigenvalue weighted by Crippen LogP contribution is 2.37. The van der Waals surface area contributed by atoms with Gasteiger partial charge in [0.05, 0.1) is 19.7 Å². The maximum absolute atomic E-state index is 12.8. The van der Waals surface area contributed by atoms with Gasteiger partial charge in [0.1, 0.15) is 23.9 Å². The average molecular weight is 569 g/mol. The van der Waals surface area contributed by atoms with Crippen molar-refractivity contribution in [2.24, 2.45) is 0 Å². The summed E-state index contributed by atoms with van der Waals surface area (Å²) in [6, 6.07) is 16.5. The fourth-order valence-electron chi connectivity index (χ4n) is 4.76. The van der Waals surface area contributed by atoms with E-state index in [0.717, 1.165) is 31.1 Å². The minimum absolute atomic E-state index is 0.206. The van der Waals surface area contributed by atoms with Crippen LogP contribution in [0.15, 0.2) is 60.7 Å². The number of likely N-dealkylation sites (tertiary alicyclic amines) is 1. The second-order valence-corrected chi connectivity index (χ2v) is 9.60. The normalized spacial score (nSPS) is 14.1. The van der Waals surface area contributed by atoms with Crippen molar-refractivity contribution >= 4 is 22.4 Å². The number of nitrogens with zero attached hydrogens (tertiary/aromatic N) is 3. The van der Waals surface area contributed by atoms with Crippen LogP contribution in [0.25, 0.3) is 22.3 Å². The van der Waals surface area contributed by atoms with Crippen LogP contribution in [0.5, 0.6) is 23.0 Å². The zero-order valence-electron chi connectivity index (χ0n) is 22.8. The van der Waals surface area contributed by atoms with Gasteiger partial charge in [0.15, 0.2) is 17.3 Å². The smallest absolute Gasteiger partial charge is 0.493 e. The molecule has 0 unspecified atom stereocenters. The number of alkyl halides is 3. The van der Waals surface area contributed by atoms with Crippen molar-refractivity contribution in [2.45, 2.75) is 25.6 Å². The highest BCUT2D eigenvalue weighted by molar-refractivity contribution is 5.94. The first-order valence-electron chi connectivity index (χ1n) is 13.3. The van der Waals surface area contributed by atoms with Gasteiger partial charge in [0.2, 0.25) is 0 Å². The minimum Gasteiger partial charge on any atom is -0.493 e. The van der Waals surface area contributed by atoms with Crippen LogP contribution in [-0.2, 0) is 0 Å². The average Bonchev–Trinajstić information content (AvgIpc) is 2.97. The Labute approximate surface area is 236 Å². The Morgan fingerprint density at radius 2 is 1.59 bits per heavy atom. The van der Waals surface area contributed by atoms with E-state index in [0.29, 0.717) is 40.4 Å². The van der Waals surface area contributed by atoms with Crippen LogP contribution < -0.4 is 24.3 Å². The molecule has 1 aliphatic rings. The Morgan fingerprint density at radius 3 is 2.29 bits per heavy atom. The third-order valence-corrected chi connectivity index (χ3v) is 6.77. The summed E-state index contributed by atoms with van der Waals surface area (Å²) in [4.78, 5) is 11.7.